The molecule has 0 aromatic heterocycles. The third kappa shape index (κ3) is 8.72. The van der Waals surface area contributed by atoms with E-state index in [1.165, 1.54) is 4.90 Å². The first kappa shape index (κ1) is 31.0. The molecule has 40 heavy (non-hydrogen) atoms. The minimum atomic E-state index is -3.90. The molecule has 0 spiro atoms. The first-order valence-corrected chi connectivity index (χ1v) is 15.3. The van der Waals surface area contributed by atoms with Crippen molar-refractivity contribution in [3.63, 3.8) is 0 Å². The largest absolute Gasteiger partial charge is 0.492 e. The number of para-hydroxylation sites is 2. The number of carbonyl (C=O) groups is 2. The molecule has 0 saturated carbocycles. The molecule has 10 heteroatoms. The summed E-state index contributed by atoms with van der Waals surface area (Å²) >= 11 is 6.09. The number of ether oxygens (including phenoxy) is 1. The van der Waals surface area contributed by atoms with Gasteiger partial charge in [-0.2, -0.15) is 0 Å². The van der Waals surface area contributed by atoms with Gasteiger partial charge in [-0.15, -0.1) is 0 Å². The monoisotopic (exact) mass is 585 g/mol. The third-order valence-electron chi connectivity index (χ3n) is 6.08. The maximum Gasteiger partial charge on any atom is 0.244 e. The van der Waals surface area contributed by atoms with Crippen LogP contribution >= 0.6 is 11.6 Å². The second-order valence-corrected chi connectivity index (χ2v) is 12.0. The molecule has 8 nitrogen and oxygen atoms in total. The Morgan fingerprint density at radius 1 is 0.925 bits per heavy atom. The maximum absolute atomic E-state index is 14.1. The van der Waals surface area contributed by atoms with Crippen LogP contribution in [0.1, 0.15) is 31.9 Å². The van der Waals surface area contributed by atoms with Crippen molar-refractivity contribution < 1.29 is 22.7 Å². The van der Waals surface area contributed by atoms with E-state index < -0.39 is 28.5 Å². The molecule has 3 aromatic carbocycles. The van der Waals surface area contributed by atoms with Crippen LogP contribution in [0.5, 0.6) is 5.75 Å². The smallest absolute Gasteiger partial charge is 0.244 e. The molecule has 0 saturated heterocycles. The summed E-state index contributed by atoms with van der Waals surface area (Å²) in [5.41, 5.74) is 1.86. The highest BCUT2D eigenvalue weighted by Crippen LogP contribution is 2.30. The number of hydrogen-bond acceptors (Lipinski definition) is 5. The lowest BCUT2D eigenvalue weighted by molar-refractivity contribution is -0.140. The van der Waals surface area contributed by atoms with Crippen LogP contribution in [0.4, 0.5) is 5.69 Å². The van der Waals surface area contributed by atoms with Gasteiger partial charge >= 0.3 is 0 Å². The fourth-order valence-corrected chi connectivity index (χ4v) is 5.24. The lowest BCUT2D eigenvalue weighted by atomic mass is 10.0. The topological polar surface area (TPSA) is 96.0 Å². The Morgan fingerprint density at radius 3 is 2.15 bits per heavy atom. The molecule has 3 rings (SSSR count). The molecule has 1 unspecified atom stereocenters. The van der Waals surface area contributed by atoms with Crippen LogP contribution in [0.3, 0.4) is 0 Å². The standard InChI is InChI=1S/C30H36ClN3O5S/c1-5-39-28-14-10-9-13-26(28)34(40(4,37)38)21-29(35)33(20-24-15-17-25(31)18-16-24)27(30(36)32-22(2)3)19-23-11-7-6-8-12-23/h6-18,22,27H,5,19-21H2,1-4H3,(H,32,36). The number of sulfonamides is 1. The van der Waals surface area contributed by atoms with Crippen molar-refractivity contribution in [2.45, 2.75) is 45.8 Å². The molecule has 0 aliphatic carbocycles. The Kier molecular flexibility index (Phi) is 11.0. The first-order chi connectivity index (χ1) is 19.0. The molecule has 0 aliphatic rings. The number of nitrogens with one attached hydrogen (secondary N) is 1. The number of amides is 2. The number of carbonyl (C=O) groups excluding carboxylic acids is 2. The van der Waals surface area contributed by atoms with Gasteiger partial charge in [-0.25, -0.2) is 8.42 Å². The van der Waals surface area contributed by atoms with Gasteiger partial charge in [-0.1, -0.05) is 66.2 Å². The molecule has 214 valence electrons. The maximum atomic E-state index is 14.1. The Bertz CT molecular complexity index is 1380. The molecule has 1 N–H and O–H groups in total. The fraction of sp³-hybridized carbons (Fsp3) is 0.333. The van der Waals surface area contributed by atoms with Crippen LogP contribution in [-0.2, 0) is 32.6 Å². The van der Waals surface area contributed by atoms with Gasteiger partial charge in [-0.05, 0) is 56.2 Å². The van der Waals surface area contributed by atoms with Crippen molar-refractivity contribution in [2.24, 2.45) is 0 Å². The molecule has 1 atom stereocenters. The summed E-state index contributed by atoms with van der Waals surface area (Å²) in [6.45, 7) is 5.36. The summed E-state index contributed by atoms with van der Waals surface area (Å²) in [5.74, 6) is -0.529. The van der Waals surface area contributed by atoms with Crippen LogP contribution in [0.2, 0.25) is 5.02 Å². The van der Waals surface area contributed by atoms with E-state index in [2.05, 4.69) is 5.32 Å². The first-order valence-electron chi connectivity index (χ1n) is 13.1. The van der Waals surface area contributed by atoms with E-state index in [-0.39, 0.29) is 30.6 Å². The van der Waals surface area contributed by atoms with Gasteiger partial charge in [0.25, 0.3) is 0 Å². The van der Waals surface area contributed by atoms with Crippen LogP contribution < -0.4 is 14.4 Å². The van der Waals surface area contributed by atoms with Crippen molar-refractivity contribution in [2.75, 3.05) is 23.7 Å². The molecule has 2 amide bonds. The quantitative estimate of drug-likeness (QED) is 0.314. The molecular formula is C30H36ClN3O5S. The van der Waals surface area contributed by atoms with Crippen molar-refractivity contribution in [1.29, 1.82) is 0 Å². The molecule has 0 heterocycles. The predicted octanol–water partition coefficient (Wildman–Crippen LogP) is 4.67. The van der Waals surface area contributed by atoms with Crippen LogP contribution in [-0.4, -0.2) is 56.6 Å². The van der Waals surface area contributed by atoms with Gasteiger partial charge in [0, 0.05) is 24.0 Å². The van der Waals surface area contributed by atoms with E-state index in [0.29, 0.717) is 17.4 Å². The summed E-state index contributed by atoms with van der Waals surface area (Å²) in [4.78, 5) is 29.1. The molecule has 0 fully saturated rings. The van der Waals surface area contributed by atoms with Gasteiger partial charge in [-0.3, -0.25) is 13.9 Å². The minimum Gasteiger partial charge on any atom is -0.492 e. The van der Waals surface area contributed by atoms with Gasteiger partial charge < -0.3 is 15.0 Å². The highest BCUT2D eigenvalue weighted by Gasteiger charge is 2.33. The number of benzene rings is 3. The van der Waals surface area contributed by atoms with Crippen molar-refractivity contribution in [3.05, 3.63) is 95.0 Å². The van der Waals surface area contributed by atoms with E-state index in [9.17, 15) is 18.0 Å². The normalized spacial score (nSPS) is 12.1. The SMILES string of the molecule is CCOc1ccccc1N(CC(=O)N(Cc1ccc(Cl)cc1)C(Cc1ccccc1)C(=O)NC(C)C)S(C)(=O)=O. The highest BCUT2D eigenvalue weighted by molar-refractivity contribution is 7.92. The van der Waals surface area contributed by atoms with E-state index in [1.807, 2.05) is 44.2 Å². The summed E-state index contributed by atoms with van der Waals surface area (Å²) in [7, 11) is -3.90. The number of halogens is 1. The third-order valence-corrected chi connectivity index (χ3v) is 7.46. The second kappa shape index (κ2) is 14.2. The average Bonchev–Trinajstić information content (AvgIpc) is 2.90. The van der Waals surface area contributed by atoms with Gasteiger partial charge in [0.1, 0.15) is 18.3 Å². The van der Waals surface area contributed by atoms with E-state index in [0.717, 1.165) is 21.7 Å². The number of hydrogen-bond donors (Lipinski definition) is 1. The zero-order valence-corrected chi connectivity index (χ0v) is 24.8. The molecule has 0 radical (unpaired) electrons. The van der Waals surface area contributed by atoms with E-state index >= 15 is 0 Å². The Labute approximate surface area is 241 Å². The van der Waals surface area contributed by atoms with E-state index in [4.69, 9.17) is 16.3 Å². The van der Waals surface area contributed by atoms with Crippen LogP contribution in [0, 0.1) is 0 Å². The highest BCUT2D eigenvalue weighted by atomic mass is 35.5. The summed E-state index contributed by atoms with van der Waals surface area (Å²) in [6, 6.07) is 22.0. The van der Waals surface area contributed by atoms with Gasteiger partial charge in [0.05, 0.1) is 18.6 Å². The molecule has 0 aliphatic heterocycles. The zero-order valence-electron chi connectivity index (χ0n) is 23.2. The number of rotatable bonds is 13. The number of nitrogens with zero attached hydrogens (tertiary/aromatic N) is 2. The Hall–Kier alpha value is -3.56. The van der Waals surface area contributed by atoms with Crippen LogP contribution in [0.15, 0.2) is 78.9 Å². The number of anilines is 1. The Morgan fingerprint density at radius 2 is 1.55 bits per heavy atom. The van der Waals surface area contributed by atoms with Crippen molar-refractivity contribution >= 4 is 39.1 Å². The van der Waals surface area contributed by atoms with Crippen LogP contribution in [0.25, 0.3) is 0 Å². The van der Waals surface area contributed by atoms with Gasteiger partial charge in [0.15, 0.2) is 0 Å². The molecule has 3 aromatic rings. The average molecular weight is 586 g/mol. The van der Waals surface area contributed by atoms with E-state index in [1.54, 1.807) is 55.5 Å². The van der Waals surface area contributed by atoms with Gasteiger partial charge in [0.2, 0.25) is 21.8 Å². The summed E-state index contributed by atoms with van der Waals surface area (Å²) in [6.07, 6.45) is 1.28. The fourth-order valence-electron chi connectivity index (χ4n) is 4.26. The second-order valence-electron chi connectivity index (χ2n) is 9.69. The zero-order chi connectivity index (χ0) is 29.3. The minimum absolute atomic E-state index is 0.0731. The summed E-state index contributed by atoms with van der Waals surface area (Å²) < 4.78 is 32.7. The lowest BCUT2D eigenvalue weighted by Crippen LogP contribution is -2.54. The predicted molar refractivity (Wildman–Crippen MR) is 159 cm³/mol. The summed E-state index contributed by atoms with van der Waals surface area (Å²) in [5, 5.41) is 3.47. The van der Waals surface area contributed by atoms with Crippen molar-refractivity contribution in [3.8, 4) is 5.75 Å². The van der Waals surface area contributed by atoms with Crippen molar-refractivity contribution in [1.82, 2.24) is 10.2 Å². The Balaban J connectivity index is 2.07. The lowest BCUT2D eigenvalue weighted by Gasteiger charge is -2.34. The molecule has 0 bridgehead atoms. The molecular weight excluding hydrogens is 550 g/mol.